The molecule has 0 radical (unpaired) electrons. The minimum atomic E-state index is -4.64. The van der Waals surface area contributed by atoms with Crippen LogP contribution >= 0.6 is 0 Å². The van der Waals surface area contributed by atoms with Gasteiger partial charge in [0, 0.05) is 6.54 Å². The SMILES string of the molecule is CCNC(=O)C(C)(C)O.COc1cccc(-c2ccc3c(c2)N(S(=O)(=O)c2cccc(C(F)(F)F)c2)CCO3)c1. The molecule has 1 aliphatic heterocycles. The fourth-order valence-corrected chi connectivity index (χ4v) is 5.26. The third-order valence-electron chi connectivity index (χ3n) is 5.83. The topological polar surface area (TPSA) is 105 Å². The number of rotatable bonds is 6. The maximum Gasteiger partial charge on any atom is 0.416 e. The molecule has 1 aliphatic rings. The minimum Gasteiger partial charge on any atom is -0.497 e. The van der Waals surface area contributed by atoms with Gasteiger partial charge in [0.25, 0.3) is 15.9 Å². The van der Waals surface area contributed by atoms with E-state index in [1.54, 1.807) is 43.5 Å². The molecule has 0 bridgehead atoms. The lowest BCUT2D eigenvalue weighted by Gasteiger charge is -2.31. The highest BCUT2D eigenvalue weighted by molar-refractivity contribution is 7.92. The Morgan fingerprint density at radius 1 is 1.05 bits per heavy atom. The first-order chi connectivity index (χ1) is 18.7. The summed E-state index contributed by atoms with van der Waals surface area (Å²) in [7, 11) is -2.70. The zero-order valence-electron chi connectivity index (χ0n) is 22.4. The Morgan fingerprint density at radius 3 is 2.33 bits per heavy atom. The third-order valence-corrected chi connectivity index (χ3v) is 7.63. The van der Waals surface area contributed by atoms with E-state index in [-0.39, 0.29) is 24.7 Å². The second-order valence-corrected chi connectivity index (χ2v) is 11.1. The molecule has 0 fully saturated rings. The number of benzene rings is 3. The second-order valence-electron chi connectivity index (χ2n) is 9.28. The molecule has 0 aliphatic carbocycles. The number of aliphatic hydroxyl groups is 1. The molecule has 1 amide bonds. The standard InChI is InChI=1S/C22H18F3NO4S.C6H13NO2/c1-29-18-6-2-4-15(12-18)16-8-9-21-20(13-16)26(10-11-30-21)31(27,28)19-7-3-5-17(14-19)22(23,24)25;1-4-7-5(8)6(2,3)9/h2-9,12-14H,10-11H2,1H3;9H,4H2,1-3H3,(H,7,8). The molecule has 0 spiro atoms. The summed E-state index contributed by atoms with van der Waals surface area (Å²) in [4.78, 5) is 10.3. The van der Waals surface area contributed by atoms with Gasteiger partial charge in [-0.1, -0.05) is 24.3 Å². The highest BCUT2D eigenvalue weighted by Gasteiger charge is 2.35. The summed E-state index contributed by atoms with van der Waals surface area (Å²) in [6.45, 7) is 5.35. The largest absolute Gasteiger partial charge is 0.497 e. The number of carbonyl (C=O) groups excluding carboxylic acids is 1. The number of halogens is 3. The van der Waals surface area contributed by atoms with Crippen molar-refractivity contribution in [3.05, 3.63) is 72.3 Å². The van der Waals surface area contributed by atoms with Gasteiger partial charge in [-0.3, -0.25) is 9.10 Å². The van der Waals surface area contributed by atoms with Crippen LogP contribution in [-0.2, 0) is 21.0 Å². The summed E-state index contributed by atoms with van der Waals surface area (Å²) in [5.41, 5.74) is -0.483. The number of likely N-dealkylation sites (N-methyl/N-ethyl adjacent to an activating group) is 1. The van der Waals surface area contributed by atoms with Crippen molar-refractivity contribution in [1.82, 2.24) is 5.32 Å². The summed E-state index contributed by atoms with van der Waals surface area (Å²) in [5, 5.41) is 11.5. The number of anilines is 1. The molecule has 0 unspecified atom stereocenters. The number of sulfonamides is 1. The fourth-order valence-electron chi connectivity index (χ4n) is 3.76. The molecule has 1 heterocycles. The van der Waals surface area contributed by atoms with E-state index in [1.165, 1.54) is 13.8 Å². The summed E-state index contributed by atoms with van der Waals surface area (Å²) >= 11 is 0. The van der Waals surface area contributed by atoms with Gasteiger partial charge in [0.1, 0.15) is 23.7 Å². The molecule has 216 valence electrons. The van der Waals surface area contributed by atoms with Crippen molar-refractivity contribution in [2.75, 3.05) is 31.1 Å². The number of fused-ring (bicyclic) bond motifs is 1. The van der Waals surface area contributed by atoms with Crippen molar-refractivity contribution in [2.24, 2.45) is 0 Å². The van der Waals surface area contributed by atoms with Gasteiger partial charge in [0.05, 0.1) is 29.8 Å². The van der Waals surface area contributed by atoms with E-state index in [4.69, 9.17) is 14.6 Å². The Bertz CT molecular complexity index is 1450. The summed E-state index contributed by atoms with van der Waals surface area (Å²) in [6.07, 6.45) is -4.64. The average molecular weight is 581 g/mol. The molecule has 0 atom stereocenters. The Labute approximate surface area is 231 Å². The number of alkyl halides is 3. The van der Waals surface area contributed by atoms with Crippen LogP contribution in [0.4, 0.5) is 18.9 Å². The zero-order chi connectivity index (χ0) is 29.7. The van der Waals surface area contributed by atoms with E-state index in [1.807, 2.05) is 13.0 Å². The predicted octanol–water partition coefficient (Wildman–Crippen LogP) is 4.86. The van der Waals surface area contributed by atoms with Crippen LogP contribution in [0.25, 0.3) is 11.1 Å². The van der Waals surface area contributed by atoms with Crippen molar-refractivity contribution in [3.63, 3.8) is 0 Å². The van der Waals surface area contributed by atoms with Crippen LogP contribution < -0.4 is 19.1 Å². The maximum atomic E-state index is 13.3. The molecular weight excluding hydrogens is 549 g/mol. The van der Waals surface area contributed by atoms with Gasteiger partial charge < -0.3 is 19.9 Å². The quantitative estimate of drug-likeness (QED) is 0.432. The van der Waals surface area contributed by atoms with E-state index in [9.17, 15) is 26.4 Å². The van der Waals surface area contributed by atoms with E-state index in [0.29, 0.717) is 29.7 Å². The maximum absolute atomic E-state index is 13.3. The fraction of sp³-hybridized carbons (Fsp3) is 0.321. The lowest BCUT2D eigenvalue weighted by Crippen LogP contribution is -2.41. The first-order valence-electron chi connectivity index (χ1n) is 12.3. The predicted molar refractivity (Wildman–Crippen MR) is 145 cm³/mol. The molecule has 3 aromatic carbocycles. The average Bonchev–Trinajstić information content (AvgIpc) is 2.92. The first kappa shape index (κ1) is 30.8. The highest BCUT2D eigenvalue weighted by atomic mass is 32.2. The Kier molecular flexibility index (Phi) is 9.36. The van der Waals surface area contributed by atoms with Crippen LogP contribution in [0.15, 0.2) is 71.6 Å². The molecule has 8 nitrogen and oxygen atoms in total. The van der Waals surface area contributed by atoms with Crippen LogP contribution in [0.2, 0.25) is 0 Å². The van der Waals surface area contributed by atoms with E-state index in [2.05, 4.69) is 5.32 Å². The zero-order valence-corrected chi connectivity index (χ0v) is 23.3. The van der Waals surface area contributed by atoms with Crippen molar-refractivity contribution >= 4 is 21.6 Å². The number of carbonyl (C=O) groups is 1. The first-order valence-corrected chi connectivity index (χ1v) is 13.7. The van der Waals surface area contributed by atoms with Crippen molar-refractivity contribution < 1.29 is 41.0 Å². The number of ether oxygens (including phenoxy) is 2. The number of hydrogen-bond acceptors (Lipinski definition) is 6. The molecule has 0 saturated heterocycles. The summed E-state index contributed by atoms with van der Waals surface area (Å²) in [5.74, 6) is 0.651. The highest BCUT2D eigenvalue weighted by Crippen LogP contribution is 2.39. The summed E-state index contributed by atoms with van der Waals surface area (Å²) in [6, 6.07) is 16.1. The number of nitrogens with one attached hydrogen (secondary N) is 1. The van der Waals surface area contributed by atoms with Crippen molar-refractivity contribution in [3.8, 4) is 22.6 Å². The molecule has 12 heteroatoms. The third kappa shape index (κ3) is 7.24. The molecule has 40 heavy (non-hydrogen) atoms. The van der Waals surface area contributed by atoms with Crippen molar-refractivity contribution in [2.45, 2.75) is 37.4 Å². The molecule has 0 saturated carbocycles. The molecular formula is C28H31F3N2O6S. The number of hydrogen-bond donors (Lipinski definition) is 2. The van der Waals surface area contributed by atoms with Gasteiger partial charge in [0.15, 0.2) is 0 Å². The van der Waals surface area contributed by atoms with Gasteiger partial charge in [-0.15, -0.1) is 0 Å². The molecule has 2 N–H and O–H groups in total. The lowest BCUT2D eigenvalue weighted by atomic mass is 10.0. The van der Waals surface area contributed by atoms with Gasteiger partial charge >= 0.3 is 6.18 Å². The number of methoxy groups -OCH3 is 1. The molecule has 3 aromatic rings. The van der Waals surface area contributed by atoms with Crippen LogP contribution in [0.1, 0.15) is 26.3 Å². The van der Waals surface area contributed by atoms with Crippen LogP contribution in [0, 0.1) is 0 Å². The lowest BCUT2D eigenvalue weighted by molar-refractivity contribution is -0.138. The van der Waals surface area contributed by atoms with Gasteiger partial charge in [-0.05, 0) is 74.4 Å². The minimum absolute atomic E-state index is 0.0207. The number of amides is 1. The Balaban J connectivity index is 0.000000424. The Morgan fingerprint density at radius 2 is 1.73 bits per heavy atom. The summed E-state index contributed by atoms with van der Waals surface area (Å²) < 4.78 is 77.7. The van der Waals surface area contributed by atoms with Gasteiger partial charge in [0.2, 0.25) is 0 Å². The van der Waals surface area contributed by atoms with Gasteiger partial charge in [-0.25, -0.2) is 8.42 Å². The smallest absolute Gasteiger partial charge is 0.416 e. The monoisotopic (exact) mass is 580 g/mol. The number of nitrogens with zero attached hydrogens (tertiary/aromatic N) is 1. The van der Waals surface area contributed by atoms with E-state index < -0.39 is 32.3 Å². The normalized spacial score (nSPS) is 13.3. The van der Waals surface area contributed by atoms with Crippen LogP contribution in [0.5, 0.6) is 11.5 Å². The Hall–Kier alpha value is -3.77. The van der Waals surface area contributed by atoms with Crippen LogP contribution in [0.3, 0.4) is 0 Å². The molecule has 4 rings (SSSR count). The van der Waals surface area contributed by atoms with E-state index >= 15 is 0 Å². The second kappa shape index (κ2) is 12.2. The van der Waals surface area contributed by atoms with Gasteiger partial charge in [-0.2, -0.15) is 13.2 Å². The van der Waals surface area contributed by atoms with Crippen LogP contribution in [-0.4, -0.2) is 51.8 Å². The van der Waals surface area contributed by atoms with E-state index in [0.717, 1.165) is 28.1 Å². The molecule has 0 aromatic heterocycles. The van der Waals surface area contributed by atoms with Crippen molar-refractivity contribution in [1.29, 1.82) is 0 Å².